The molecule has 2 heteroatoms. The van der Waals surface area contributed by atoms with Crippen molar-refractivity contribution < 1.29 is 0 Å². The molecule has 0 bridgehead atoms. The number of rotatable bonds is 3. The van der Waals surface area contributed by atoms with Crippen LogP contribution >= 0.6 is 11.6 Å². The van der Waals surface area contributed by atoms with Crippen molar-refractivity contribution in [3.63, 3.8) is 0 Å². The molecule has 1 atom stereocenters. The summed E-state index contributed by atoms with van der Waals surface area (Å²) in [5.41, 5.74) is 9.51. The fourth-order valence-corrected chi connectivity index (χ4v) is 2.17. The Labute approximate surface area is 107 Å². The molecule has 0 aliphatic heterocycles. The molecule has 0 aliphatic rings. The summed E-state index contributed by atoms with van der Waals surface area (Å²) < 4.78 is 0. The van der Waals surface area contributed by atoms with Crippen molar-refractivity contribution in [1.29, 1.82) is 0 Å². The van der Waals surface area contributed by atoms with Gasteiger partial charge in [0.1, 0.15) is 0 Å². The molecule has 2 aromatic rings. The third-order valence-corrected chi connectivity index (χ3v) is 2.93. The first-order valence-electron chi connectivity index (χ1n) is 5.76. The highest BCUT2D eigenvalue weighted by molar-refractivity contribution is 6.30. The van der Waals surface area contributed by atoms with E-state index < -0.39 is 0 Å². The molecule has 2 N–H and O–H groups in total. The van der Waals surface area contributed by atoms with Crippen molar-refractivity contribution in [2.24, 2.45) is 5.73 Å². The standard InChI is InChI=1S/C15H16ClN/c1-11(17)9-12-5-2-3-8-15(12)13-6-4-7-14(16)10-13/h2-8,10-11H,9,17H2,1H3. The lowest BCUT2D eigenvalue weighted by atomic mass is 9.96. The minimum absolute atomic E-state index is 0.162. The zero-order chi connectivity index (χ0) is 12.3. The van der Waals surface area contributed by atoms with Crippen LogP contribution in [0.25, 0.3) is 11.1 Å². The second-order valence-corrected chi connectivity index (χ2v) is 4.79. The smallest absolute Gasteiger partial charge is 0.0412 e. The maximum Gasteiger partial charge on any atom is 0.0412 e. The van der Waals surface area contributed by atoms with Gasteiger partial charge in [-0.2, -0.15) is 0 Å². The molecule has 0 fully saturated rings. The lowest BCUT2D eigenvalue weighted by molar-refractivity contribution is 0.739. The van der Waals surface area contributed by atoms with Crippen LogP contribution in [-0.4, -0.2) is 6.04 Å². The minimum Gasteiger partial charge on any atom is -0.328 e. The van der Waals surface area contributed by atoms with Gasteiger partial charge in [0, 0.05) is 11.1 Å². The van der Waals surface area contributed by atoms with Gasteiger partial charge in [-0.1, -0.05) is 48.0 Å². The molecule has 2 rings (SSSR count). The van der Waals surface area contributed by atoms with Gasteiger partial charge in [0.25, 0.3) is 0 Å². The highest BCUT2D eigenvalue weighted by Gasteiger charge is 2.06. The SMILES string of the molecule is CC(N)Cc1ccccc1-c1cccc(Cl)c1. The molecular formula is C15H16ClN. The maximum atomic E-state index is 6.03. The largest absolute Gasteiger partial charge is 0.328 e. The van der Waals surface area contributed by atoms with Gasteiger partial charge in [-0.25, -0.2) is 0 Å². The maximum absolute atomic E-state index is 6.03. The first kappa shape index (κ1) is 12.2. The molecule has 88 valence electrons. The minimum atomic E-state index is 0.162. The van der Waals surface area contributed by atoms with E-state index in [1.807, 2.05) is 37.3 Å². The first-order valence-corrected chi connectivity index (χ1v) is 6.14. The quantitative estimate of drug-likeness (QED) is 0.872. The highest BCUT2D eigenvalue weighted by atomic mass is 35.5. The summed E-state index contributed by atoms with van der Waals surface area (Å²) in [6.45, 7) is 2.02. The molecule has 17 heavy (non-hydrogen) atoms. The average molecular weight is 246 g/mol. The third-order valence-electron chi connectivity index (χ3n) is 2.69. The number of nitrogens with two attached hydrogens (primary N) is 1. The number of halogens is 1. The molecule has 0 heterocycles. The third kappa shape index (κ3) is 3.09. The lowest BCUT2D eigenvalue weighted by Crippen LogP contribution is -2.18. The molecule has 0 saturated heterocycles. The van der Waals surface area contributed by atoms with E-state index in [2.05, 4.69) is 18.2 Å². The van der Waals surface area contributed by atoms with Gasteiger partial charge in [-0.3, -0.25) is 0 Å². The summed E-state index contributed by atoms with van der Waals surface area (Å²) in [5.74, 6) is 0. The van der Waals surface area contributed by atoms with E-state index in [1.54, 1.807) is 0 Å². The van der Waals surface area contributed by atoms with Crippen LogP contribution in [0, 0.1) is 0 Å². The lowest BCUT2D eigenvalue weighted by Gasteiger charge is -2.12. The summed E-state index contributed by atoms with van der Waals surface area (Å²) in [4.78, 5) is 0. The van der Waals surface area contributed by atoms with Crippen LogP contribution in [0.5, 0.6) is 0 Å². The van der Waals surface area contributed by atoms with Crippen LogP contribution in [0.4, 0.5) is 0 Å². The van der Waals surface area contributed by atoms with E-state index in [1.165, 1.54) is 11.1 Å². The molecule has 2 aromatic carbocycles. The molecule has 0 spiro atoms. The fraction of sp³-hybridized carbons (Fsp3) is 0.200. The van der Waals surface area contributed by atoms with Crippen molar-refractivity contribution in [3.8, 4) is 11.1 Å². The topological polar surface area (TPSA) is 26.0 Å². The Kier molecular flexibility index (Phi) is 3.82. The second kappa shape index (κ2) is 5.35. The summed E-state index contributed by atoms with van der Waals surface area (Å²) in [6, 6.07) is 16.4. The van der Waals surface area contributed by atoms with Crippen molar-refractivity contribution >= 4 is 11.6 Å². The van der Waals surface area contributed by atoms with Gasteiger partial charge in [-0.05, 0) is 42.2 Å². The molecule has 1 nitrogen and oxygen atoms in total. The van der Waals surface area contributed by atoms with E-state index >= 15 is 0 Å². The van der Waals surface area contributed by atoms with Crippen LogP contribution in [0.3, 0.4) is 0 Å². The summed E-state index contributed by atoms with van der Waals surface area (Å²) >= 11 is 6.03. The second-order valence-electron chi connectivity index (χ2n) is 4.35. The Morgan fingerprint density at radius 3 is 2.59 bits per heavy atom. The zero-order valence-electron chi connectivity index (χ0n) is 9.86. The van der Waals surface area contributed by atoms with Crippen LogP contribution in [-0.2, 0) is 6.42 Å². The molecule has 1 unspecified atom stereocenters. The molecule has 0 radical (unpaired) electrons. The van der Waals surface area contributed by atoms with Gasteiger partial charge >= 0.3 is 0 Å². The Morgan fingerprint density at radius 1 is 1.12 bits per heavy atom. The molecule has 0 saturated carbocycles. The summed E-state index contributed by atoms with van der Waals surface area (Å²) in [6.07, 6.45) is 0.878. The monoisotopic (exact) mass is 245 g/mol. The first-order chi connectivity index (χ1) is 8.16. The summed E-state index contributed by atoms with van der Waals surface area (Å²) in [7, 11) is 0. The van der Waals surface area contributed by atoms with Gasteiger partial charge < -0.3 is 5.73 Å². The Hall–Kier alpha value is -1.31. The van der Waals surface area contributed by atoms with Gasteiger partial charge in [0.15, 0.2) is 0 Å². The molecular weight excluding hydrogens is 230 g/mol. The number of hydrogen-bond acceptors (Lipinski definition) is 1. The van der Waals surface area contributed by atoms with E-state index in [0.29, 0.717) is 0 Å². The number of hydrogen-bond donors (Lipinski definition) is 1. The van der Waals surface area contributed by atoms with Crippen molar-refractivity contribution in [3.05, 3.63) is 59.1 Å². The molecule has 0 aromatic heterocycles. The van der Waals surface area contributed by atoms with Crippen LogP contribution in [0.15, 0.2) is 48.5 Å². The van der Waals surface area contributed by atoms with Crippen LogP contribution in [0.2, 0.25) is 5.02 Å². The van der Waals surface area contributed by atoms with E-state index in [9.17, 15) is 0 Å². The fourth-order valence-electron chi connectivity index (χ4n) is 1.98. The van der Waals surface area contributed by atoms with Crippen LogP contribution < -0.4 is 5.73 Å². The normalized spacial score (nSPS) is 12.4. The highest BCUT2D eigenvalue weighted by Crippen LogP contribution is 2.26. The van der Waals surface area contributed by atoms with Gasteiger partial charge in [-0.15, -0.1) is 0 Å². The molecule has 0 aliphatic carbocycles. The predicted octanol–water partition coefficient (Wildman–Crippen LogP) is 3.90. The van der Waals surface area contributed by atoms with Crippen molar-refractivity contribution in [1.82, 2.24) is 0 Å². The number of benzene rings is 2. The van der Waals surface area contributed by atoms with Crippen LogP contribution in [0.1, 0.15) is 12.5 Å². The van der Waals surface area contributed by atoms with E-state index in [0.717, 1.165) is 17.0 Å². The molecule has 0 amide bonds. The Bertz CT molecular complexity index is 506. The van der Waals surface area contributed by atoms with Gasteiger partial charge in [0.05, 0.1) is 0 Å². The van der Waals surface area contributed by atoms with Crippen molar-refractivity contribution in [2.75, 3.05) is 0 Å². The van der Waals surface area contributed by atoms with Crippen molar-refractivity contribution in [2.45, 2.75) is 19.4 Å². The summed E-state index contributed by atoms with van der Waals surface area (Å²) in [5, 5.41) is 0.762. The van der Waals surface area contributed by atoms with E-state index in [4.69, 9.17) is 17.3 Å². The Balaban J connectivity index is 2.44. The Morgan fingerprint density at radius 2 is 1.88 bits per heavy atom. The van der Waals surface area contributed by atoms with E-state index in [-0.39, 0.29) is 6.04 Å². The average Bonchev–Trinajstić information content (AvgIpc) is 2.29. The van der Waals surface area contributed by atoms with Gasteiger partial charge in [0.2, 0.25) is 0 Å². The zero-order valence-corrected chi connectivity index (χ0v) is 10.6. The predicted molar refractivity (Wildman–Crippen MR) is 74.2 cm³/mol.